The van der Waals surface area contributed by atoms with E-state index in [0.717, 1.165) is 33.6 Å². The molecule has 0 amide bonds. The van der Waals surface area contributed by atoms with Gasteiger partial charge in [0.1, 0.15) is 0 Å². The van der Waals surface area contributed by atoms with E-state index in [0.29, 0.717) is 16.6 Å². The number of halogens is 2. The van der Waals surface area contributed by atoms with Gasteiger partial charge < -0.3 is 0 Å². The van der Waals surface area contributed by atoms with E-state index in [4.69, 9.17) is 28.3 Å². The summed E-state index contributed by atoms with van der Waals surface area (Å²) in [7, 11) is 0. The summed E-state index contributed by atoms with van der Waals surface area (Å²) >= 11 is 12.5. The lowest BCUT2D eigenvalue weighted by molar-refractivity contribution is 0.697. The van der Waals surface area contributed by atoms with Gasteiger partial charge in [-0.05, 0) is 38.5 Å². The minimum atomic E-state index is 0.575. The number of nitrogens with zero attached hydrogens (tertiary/aromatic N) is 2. The van der Waals surface area contributed by atoms with Crippen LogP contribution in [0.15, 0.2) is 66.7 Å². The van der Waals surface area contributed by atoms with Crippen LogP contribution in [0.4, 0.5) is 0 Å². The van der Waals surface area contributed by atoms with Gasteiger partial charge in [-0.1, -0.05) is 88.9 Å². The van der Waals surface area contributed by atoms with Crippen LogP contribution in [0.5, 0.6) is 0 Å². The molecule has 0 aliphatic carbocycles. The minimum absolute atomic E-state index is 0.575. The fraction of sp³-hybridized carbons (Fsp3) is 0.160. The van der Waals surface area contributed by atoms with Gasteiger partial charge in [-0.3, -0.25) is 4.68 Å². The highest BCUT2D eigenvalue weighted by atomic mass is 35.5. The maximum absolute atomic E-state index is 6.45. The topological polar surface area (TPSA) is 17.8 Å². The largest absolute Gasteiger partial charge is 0.259 e. The van der Waals surface area contributed by atoms with Crippen molar-refractivity contribution in [1.82, 2.24) is 9.78 Å². The van der Waals surface area contributed by atoms with E-state index in [1.165, 1.54) is 11.1 Å². The lowest BCUT2D eigenvalue weighted by Crippen LogP contribution is -2.05. The Morgan fingerprint density at radius 3 is 1.93 bits per heavy atom. The second kappa shape index (κ2) is 8.06. The molecule has 0 bridgehead atoms. The molecule has 0 atom stereocenters. The van der Waals surface area contributed by atoms with Crippen LogP contribution >= 0.6 is 23.2 Å². The zero-order chi connectivity index (χ0) is 20.5. The van der Waals surface area contributed by atoms with Crippen molar-refractivity contribution in [1.29, 1.82) is 0 Å². The summed E-state index contributed by atoms with van der Waals surface area (Å²) in [5.74, 6) is 0. The van der Waals surface area contributed by atoms with E-state index in [1.807, 2.05) is 16.8 Å². The zero-order valence-corrected chi connectivity index (χ0v) is 18.2. The van der Waals surface area contributed by atoms with Gasteiger partial charge >= 0.3 is 0 Å². The van der Waals surface area contributed by atoms with Gasteiger partial charge in [0, 0.05) is 26.7 Å². The van der Waals surface area contributed by atoms with Crippen molar-refractivity contribution in [3.8, 4) is 22.5 Å². The summed E-state index contributed by atoms with van der Waals surface area (Å²) in [5, 5.41) is 6.28. The smallest absolute Gasteiger partial charge is 0.0959 e. The Kier molecular flexibility index (Phi) is 5.49. The van der Waals surface area contributed by atoms with Crippen molar-refractivity contribution in [3.05, 3.63) is 99.0 Å². The maximum atomic E-state index is 6.45. The van der Waals surface area contributed by atoms with E-state index in [-0.39, 0.29) is 0 Å². The maximum Gasteiger partial charge on any atom is 0.0959 e. The number of aromatic nitrogens is 2. The van der Waals surface area contributed by atoms with Gasteiger partial charge in [0.05, 0.1) is 17.9 Å². The first-order chi connectivity index (χ1) is 13.9. The molecule has 29 heavy (non-hydrogen) atoms. The predicted octanol–water partition coefficient (Wildman–Crippen LogP) is 7.50. The van der Waals surface area contributed by atoms with Crippen LogP contribution < -0.4 is 0 Å². The first-order valence-electron chi connectivity index (χ1n) is 9.58. The molecule has 0 saturated heterocycles. The van der Waals surface area contributed by atoms with E-state index in [9.17, 15) is 0 Å². The minimum Gasteiger partial charge on any atom is -0.259 e. The Balaban J connectivity index is 1.86. The third-order valence-corrected chi connectivity index (χ3v) is 5.76. The lowest BCUT2D eigenvalue weighted by atomic mass is 10.0. The van der Waals surface area contributed by atoms with Crippen molar-refractivity contribution in [3.63, 3.8) is 0 Å². The summed E-state index contributed by atoms with van der Waals surface area (Å²) in [6, 6.07) is 22.7. The molecular weight excluding hydrogens is 399 g/mol. The number of rotatable bonds is 4. The highest BCUT2D eigenvalue weighted by Crippen LogP contribution is 2.33. The first kappa shape index (κ1) is 19.8. The molecule has 0 unspecified atom stereocenters. The number of hydrogen-bond donors (Lipinski definition) is 0. The van der Waals surface area contributed by atoms with Crippen LogP contribution in [-0.2, 0) is 6.54 Å². The molecule has 0 spiro atoms. The average Bonchev–Trinajstić information content (AvgIpc) is 3.01. The second-order valence-corrected chi connectivity index (χ2v) is 8.29. The number of benzene rings is 3. The quantitative estimate of drug-likeness (QED) is 0.334. The predicted molar refractivity (Wildman–Crippen MR) is 123 cm³/mol. The van der Waals surface area contributed by atoms with E-state index < -0.39 is 0 Å². The summed E-state index contributed by atoms with van der Waals surface area (Å²) in [6.45, 7) is 6.90. The Hall–Kier alpha value is -2.55. The zero-order valence-electron chi connectivity index (χ0n) is 16.7. The Labute approximate surface area is 181 Å². The molecule has 2 nitrogen and oxygen atoms in total. The second-order valence-electron chi connectivity index (χ2n) is 7.45. The standard InChI is InChI=1S/C25H22Cl2N2/c1-16-4-8-19(9-5-16)24-18(3)25(20-10-6-17(2)7-11-20)29(28-24)15-21-12-13-22(26)14-23(21)27/h4-14H,15H2,1-3H3. The van der Waals surface area contributed by atoms with E-state index in [2.05, 4.69) is 69.3 Å². The van der Waals surface area contributed by atoms with Gasteiger partial charge in [0.15, 0.2) is 0 Å². The highest BCUT2D eigenvalue weighted by molar-refractivity contribution is 6.35. The van der Waals surface area contributed by atoms with Gasteiger partial charge in [-0.25, -0.2) is 0 Å². The van der Waals surface area contributed by atoms with Crippen LogP contribution in [0, 0.1) is 20.8 Å². The number of aryl methyl sites for hydroxylation is 2. The van der Waals surface area contributed by atoms with Gasteiger partial charge in [-0.15, -0.1) is 0 Å². The van der Waals surface area contributed by atoms with Crippen molar-refractivity contribution in [2.75, 3.05) is 0 Å². The molecule has 0 fully saturated rings. The lowest BCUT2D eigenvalue weighted by Gasteiger charge is -2.11. The number of hydrogen-bond acceptors (Lipinski definition) is 1. The molecular formula is C25H22Cl2N2. The van der Waals surface area contributed by atoms with E-state index in [1.54, 1.807) is 6.07 Å². The molecule has 0 aliphatic rings. The highest BCUT2D eigenvalue weighted by Gasteiger charge is 2.18. The molecule has 4 rings (SSSR count). The Morgan fingerprint density at radius 1 is 0.759 bits per heavy atom. The van der Waals surface area contributed by atoms with Crippen LogP contribution in [-0.4, -0.2) is 9.78 Å². The van der Waals surface area contributed by atoms with Crippen LogP contribution in [0.25, 0.3) is 22.5 Å². The van der Waals surface area contributed by atoms with Crippen molar-refractivity contribution < 1.29 is 0 Å². The third-order valence-electron chi connectivity index (χ3n) is 5.17. The molecule has 0 radical (unpaired) electrons. The monoisotopic (exact) mass is 420 g/mol. The molecule has 3 aromatic carbocycles. The fourth-order valence-electron chi connectivity index (χ4n) is 3.54. The molecule has 1 heterocycles. The molecule has 4 heteroatoms. The summed E-state index contributed by atoms with van der Waals surface area (Å²) in [6.07, 6.45) is 0. The van der Waals surface area contributed by atoms with Crippen molar-refractivity contribution >= 4 is 23.2 Å². The van der Waals surface area contributed by atoms with Gasteiger partial charge in [-0.2, -0.15) is 5.10 Å². The third kappa shape index (κ3) is 4.10. The van der Waals surface area contributed by atoms with E-state index >= 15 is 0 Å². The van der Waals surface area contributed by atoms with Crippen molar-refractivity contribution in [2.24, 2.45) is 0 Å². The molecule has 0 N–H and O–H groups in total. The summed E-state index contributed by atoms with van der Waals surface area (Å²) < 4.78 is 2.05. The van der Waals surface area contributed by atoms with Crippen LogP contribution in [0.1, 0.15) is 22.3 Å². The SMILES string of the molecule is Cc1ccc(-c2nn(Cc3ccc(Cl)cc3Cl)c(-c3ccc(C)cc3)c2C)cc1. The van der Waals surface area contributed by atoms with Crippen LogP contribution in [0.3, 0.4) is 0 Å². The van der Waals surface area contributed by atoms with Gasteiger partial charge in [0.2, 0.25) is 0 Å². The van der Waals surface area contributed by atoms with Gasteiger partial charge in [0.25, 0.3) is 0 Å². The molecule has 146 valence electrons. The van der Waals surface area contributed by atoms with Crippen LogP contribution in [0.2, 0.25) is 10.0 Å². The Bertz CT molecular complexity index is 1160. The fourth-order valence-corrected chi connectivity index (χ4v) is 4.01. The summed E-state index contributed by atoms with van der Waals surface area (Å²) in [5.41, 5.74) is 8.96. The Morgan fingerprint density at radius 2 is 1.34 bits per heavy atom. The average molecular weight is 421 g/mol. The van der Waals surface area contributed by atoms with Crippen molar-refractivity contribution in [2.45, 2.75) is 27.3 Å². The first-order valence-corrected chi connectivity index (χ1v) is 10.3. The molecule has 4 aromatic rings. The summed E-state index contributed by atoms with van der Waals surface area (Å²) in [4.78, 5) is 0. The normalized spacial score (nSPS) is 11.1. The molecule has 0 saturated carbocycles. The molecule has 1 aromatic heterocycles. The molecule has 0 aliphatic heterocycles.